The Balaban J connectivity index is 2.81. The van der Waals surface area contributed by atoms with Crippen molar-refractivity contribution in [3.63, 3.8) is 0 Å². The van der Waals surface area contributed by atoms with Crippen LogP contribution in [0.1, 0.15) is 5.56 Å². The number of sulfonamides is 1. The van der Waals surface area contributed by atoms with Crippen LogP contribution in [0.25, 0.3) is 0 Å². The van der Waals surface area contributed by atoms with Crippen LogP contribution in [0.2, 0.25) is 0 Å². The molecule has 90 valence electrons. The molecule has 0 amide bonds. The van der Waals surface area contributed by atoms with E-state index in [1.54, 1.807) is 19.2 Å². The zero-order valence-corrected chi connectivity index (χ0v) is 10.8. The Kier molecular flexibility index (Phi) is 4.58. The molecule has 0 atom stereocenters. The molecule has 1 aromatic carbocycles. The predicted molar refractivity (Wildman–Crippen MR) is 64.1 cm³/mol. The Hall–Kier alpha value is -0.780. The highest BCUT2D eigenvalue weighted by atomic mass is 35.5. The van der Waals surface area contributed by atoms with Crippen molar-refractivity contribution >= 4 is 21.6 Å². The number of methoxy groups -OCH3 is 1. The van der Waals surface area contributed by atoms with Crippen LogP contribution in [-0.4, -0.2) is 32.1 Å². The van der Waals surface area contributed by atoms with Crippen molar-refractivity contribution in [3.8, 4) is 5.75 Å². The number of hydrogen-bond donors (Lipinski definition) is 0. The summed E-state index contributed by atoms with van der Waals surface area (Å²) in [6.45, 7) is 0.284. The maximum atomic E-state index is 11.4. The van der Waals surface area contributed by atoms with E-state index in [9.17, 15) is 8.42 Å². The molecular weight excluding hydrogens is 250 g/mol. The summed E-state index contributed by atoms with van der Waals surface area (Å²) < 4.78 is 29.1. The van der Waals surface area contributed by atoms with Crippen LogP contribution in [0, 0.1) is 0 Å². The van der Waals surface area contributed by atoms with Gasteiger partial charge >= 0.3 is 0 Å². The molecule has 0 saturated heterocycles. The number of halogens is 1. The largest absolute Gasteiger partial charge is 0.497 e. The molecule has 0 spiro atoms. The minimum absolute atomic E-state index is 0.284. The fourth-order valence-electron chi connectivity index (χ4n) is 1.21. The average molecular weight is 264 g/mol. The van der Waals surface area contributed by atoms with Crippen LogP contribution in [0.3, 0.4) is 0 Å². The van der Waals surface area contributed by atoms with Gasteiger partial charge in [0, 0.05) is 13.6 Å². The first-order valence-electron chi connectivity index (χ1n) is 4.62. The summed E-state index contributed by atoms with van der Waals surface area (Å²) in [5, 5.41) is -0.409. The zero-order valence-electron chi connectivity index (χ0n) is 9.18. The van der Waals surface area contributed by atoms with Crippen molar-refractivity contribution in [1.82, 2.24) is 4.31 Å². The van der Waals surface area contributed by atoms with Gasteiger partial charge in [-0.2, -0.15) is 4.31 Å². The third kappa shape index (κ3) is 3.37. The summed E-state index contributed by atoms with van der Waals surface area (Å²) in [5.74, 6) is 0.703. The van der Waals surface area contributed by atoms with E-state index in [2.05, 4.69) is 0 Å². The molecule has 0 aromatic heterocycles. The highest BCUT2D eigenvalue weighted by Crippen LogP contribution is 2.15. The summed E-state index contributed by atoms with van der Waals surface area (Å²) in [5.41, 5.74) is 0.857. The highest BCUT2D eigenvalue weighted by Gasteiger charge is 2.16. The van der Waals surface area contributed by atoms with E-state index in [0.717, 1.165) is 5.56 Å². The first kappa shape index (κ1) is 13.3. The molecule has 0 N–H and O–H groups in total. The van der Waals surface area contributed by atoms with Gasteiger partial charge in [0.2, 0.25) is 10.0 Å². The molecule has 6 heteroatoms. The van der Waals surface area contributed by atoms with Crippen molar-refractivity contribution < 1.29 is 13.2 Å². The second-order valence-corrected chi connectivity index (χ2v) is 5.99. The Morgan fingerprint density at radius 2 is 2.12 bits per heavy atom. The van der Waals surface area contributed by atoms with E-state index in [1.165, 1.54) is 11.4 Å². The Morgan fingerprint density at radius 1 is 1.44 bits per heavy atom. The molecule has 0 bridgehead atoms. The molecule has 0 aliphatic carbocycles. The number of nitrogens with zero attached hydrogens (tertiary/aromatic N) is 1. The molecule has 1 aromatic rings. The molecule has 4 nitrogen and oxygen atoms in total. The smallest absolute Gasteiger partial charge is 0.228 e. The monoisotopic (exact) mass is 263 g/mol. The lowest BCUT2D eigenvalue weighted by Crippen LogP contribution is -2.27. The molecule has 0 aliphatic rings. The molecule has 0 radical (unpaired) electrons. The molecule has 0 heterocycles. The van der Waals surface area contributed by atoms with Crippen molar-refractivity contribution in [3.05, 3.63) is 29.8 Å². The van der Waals surface area contributed by atoms with Gasteiger partial charge in [-0.15, -0.1) is 11.6 Å². The van der Waals surface area contributed by atoms with E-state index in [-0.39, 0.29) is 6.54 Å². The molecular formula is C10H14ClNO3S. The average Bonchev–Trinajstić information content (AvgIpc) is 2.29. The maximum absolute atomic E-state index is 11.4. The minimum Gasteiger partial charge on any atom is -0.497 e. The Labute approximate surface area is 101 Å². The summed E-state index contributed by atoms with van der Waals surface area (Å²) in [7, 11) is -0.293. The van der Waals surface area contributed by atoms with E-state index in [4.69, 9.17) is 16.3 Å². The summed E-state index contributed by atoms with van der Waals surface area (Å²) in [4.78, 5) is 0. The molecule has 0 aliphatic heterocycles. The number of ether oxygens (including phenoxy) is 1. The third-order valence-electron chi connectivity index (χ3n) is 2.15. The van der Waals surface area contributed by atoms with Crippen LogP contribution in [0.15, 0.2) is 24.3 Å². The van der Waals surface area contributed by atoms with E-state index in [0.29, 0.717) is 5.75 Å². The predicted octanol–water partition coefficient (Wildman–Crippen LogP) is 1.65. The van der Waals surface area contributed by atoms with Gasteiger partial charge in [0.05, 0.1) is 7.11 Å². The lowest BCUT2D eigenvalue weighted by atomic mass is 10.2. The van der Waals surface area contributed by atoms with Gasteiger partial charge < -0.3 is 4.74 Å². The van der Waals surface area contributed by atoms with E-state index in [1.807, 2.05) is 12.1 Å². The number of alkyl halides is 1. The summed E-state index contributed by atoms with van der Waals surface area (Å²) >= 11 is 5.36. The van der Waals surface area contributed by atoms with E-state index >= 15 is 0 Å². The van der Waals surface area contributed by atoms with Crippen LogP contribution < -0.4 is 4.74 Å². The zero-order chi connectivity index (χ0) is 12.2. The van der Waals surface area contributed by atoms with Gasteiger partial charge in [-0.3, -0.25) is 0 Å². The Morgan fingerprint density at radius 3 is 2.69 bits per heavy atom. The topological polar surface area (TPSA) is 46.6 Å². The van der Waals surface area contributed by atoms with Crippen molar-refractivity contribution in [1.29, 1.82) is 0 Å². The summed E-state index contributed by atoms with van der Waals surface area (Å²) in [6, 6.07) is 7.25. The molecule has 0 unspecified atom stereocenters. The van der Waals surface area contributed by atoms with Gasteiger partial charge in [0.25, 0.3) is 0 Å². The first-order valence-corrected chi connectivity index (χ1v) is 6.77. The number of benzene rings is 1. The van der Waals surface area contributed by atoms with Crippen LogP contribution in [0.5, 0.6) is 5.75 Å². The second kappa shape index (κ2) is 5.52. The van der Waals surface area contributed by atoms with Gasteiger partial charge in [-0.05, 0) is 17.7 Å². The molecule has 0 fully saturated rings. The molecule has 1 rings (SSSR count). The summed E-state index contributed by atoms with van der Waals surface area (Å²) in [6.07, 6.45) is 0. The fourth-order valence-corrected chi connectivity index (χ4v) is 2.22. The SMILES string of the molecule is COc1cccc(CN(C)S(=O)(=O)CCl)c1. The molecule has 16 heavy (non-hydrogen) atoms. The molecule has 0 saturated carbocycles. The normalized spacial score (nSPS) is 11.8. The minimum atomic E-state index is -3.36. The van der Waals surface area contributed by atoms with Gasteiger partial charge in [-0.25, -0.2) is 8.42 Å². The second-order valence-electron chi connectivity index (χ2n) is 3.33. The van der Waals surface area contributed by atoms with Gasteiger partial charge in [0.1, 0.15) is 11.0 Å². The third-order valence-corrected chi connectivity index (χ3v) is 4.33. The Bertz CT molecular complexity index is 447. The van der Waals surface area contributed by atoms with Crippen LogP contribution in [0.4, 0.5) is 0 Å². The lowest BCUT2D eigenvalue weighted by molar-refractivity contribution is 0.412. The number of rotatable bonds is 5. The quantitative estimate of drug-likeness (QED) is 0.759. The van der Waals surface area contributed by atoms with Gasteiger partial charge in [0.15, 0.2) is 0 Å². The van der Waals surface area contributed by atoms with Crippen LogP contribution >= 0.6 is 11.6 Å². The fraction of sp³-hybridized carbons (Fsp3) is 0.400. The van der Waals surface area contributed by atoms with Crippen LogP contribution in [-0.2, 0) is 16.6 Å². The first-order chi connectivity index (χ1) is 7.49. The van der Waals surface area contributed by atoms with Crippen molar-refractivity contribution in [2.24, 2.45) is 0 Å². The maximum Gasteiger partial charge on any atom is 0.228 e. The highest BCUT2D eigenvalue weighted by molar-refractivity contribution is 7.90. The number of hydrogen-bond acceptors (Lipinski definition) is 3. The van der Waals surface area contributed by atoms with E-state index < -0.39 is 15.2 Å². The standard InChI is InChI=1S/C10H14ClNO3S/c1-12(16(13,14)8-11)7-9-4-3-5-10(6-9)15-2/h3-6H,7-8H2,1-2H3. The van der Waals surface area contributed by atoms with Crippen molar-refractivity contribution in [2.45, 2.75) is 6.54 Å². The lowest BCUT2D eigenvalue weighted by Gasteiger charge is -2.15. The van der Waals surface area contributed by atoms with Gasteiger partial charge in [-0.1, -0.05) is 12.1 Å². The van der Waals surface area contributed by atoms with Crippen molar-refractivity contribution in [2.75, 3.05) is 19.4 Å².